The molecule has 3 aromatic carbocycles. The molecule has 3 aromatic heterocycles. The summed E-state index contributed by atoms with van der Waals surface area (Å²) in [6.45, 7) is 4.82. The second-order valence-electron chi connectivity index (χ2n) is 11.4. The molecule has 0 bridgehead atoms. The number of nitrogens with one attached hydrogen (secondary N) is 1. The highest BCUT2D eigenvalue weighted by Gasteiger charge is 2.25. The second-order valence-corrected chi connectivity index (χ2v) is 11.4. The molecule has 47 heavy (non-hydrogen) atoms. The number of rotatable bonds is 9. The Hall–Kier alpha value is -5.42. The highest BCUT2D eigenvalue weighted by Crippen LogP contribution is 2.32. The van der Waals surface area contributed by atoms with Crippen molar-refractivity contribution in [3.05, 3.63) is 107 Å². The van der Waals surface area contributed by atoms with Gasteiger partial charge in [0.2, 0.25) is 0 Å². The van der Waals surface area contributed by atoms with Gasteiger partial charge in [-0.05, 0) is 74.1 Å². The van der Waals surface area contributed by atoms with E-state index < -0.39 is 6.04 Å². The fourth-order valence-corrected chi connectivity index (χ4v) is 6.17. The van der Waals surface area contributed by atoms with E-state index in [1.165, 1.54) is 6.33 Å². The van der Waals surface area contributed by atoms with Crippen molar-refractivity contribution in [2.24, 2.45) is 0 Å². The Morgan fingerprint density at radius 3 is 2.57 bits per heavy atom. The fourth-order valence-electron chi connectivity index (χ4n) is 6.17. The Labute approximate surface area is 271 Å². The van der Waals surface area contributed by atoms with E-state index >= 15 is 0 Å². The molecule has 7 rings (SSSR count). The predicted octanol–water partition coefficient (Wildman–Crippen LogP) is 6.63. The van der Waals surface area contributed by atoms with Crippen LogP contribution in [0.5, 0.6) is 0 Å². The van der Waals surface area contributed by atoms with Crippen LogP contribution in [0.3, 0.4) is 0 Å². The molecule has 1 aliphatic heterocycles. The number of benzene rings is 3. The number of imidazole rings is 1. The average molecular weight is 630 g/mol. The summed E-state index contributed by atoms with van der Waals surface area (Å²) in [5.74, 6) is 0.719. The number of hydrogen-bond acceptors (Lipinski definition) is 9. The first-order chi connectivity index (χ1) is 23.1. The lowest BCUT2D eigenvalue weighted by atomic mass is 9.99. The van der Waals surface area contributed by atoms with Gasteiger partial charge in [0.05, 0.1) is 41.1 Å². The minimum absolute atomic E-state index is 0.112. The molecule has 11 nitrogen and oxygen atoms in total. The average Bonchev–Trinajstić information content (AvgIpc) is 3.56. The van der Waals surface area contributed by atoms with Gasteiger partial charge in [0.25, 0.3) is 5.56 Å². The van der Waals surface area contributed by atoms with Crippen molar-refractivity contribution >= 4 is 33.9 Å². The molecular weight excluding hydrogens is 594 g/mol. The largest absolute Gasteiger partial charge is 0.462 e. The van der Waals surface area contributed by atoms with Crippen molar-refractivity contribution in [1.82, 2.24) is 29.1 Å². The number of esters is 1. The Morgan fingerprint density at radius 1 is 1.00 bits per heavy atom. The third-order valence-electron chi connectivity index (χ3n) is 8.50. The van der Waals surface area contributed by atoms with Crippen LogP contribution in [-0.4, -0.2) is 48.3 Å². The van der Waals surface area contributed by atoms with Crippen molar-refractivity contribution in [2.45, 2.75) is 51.8 Å². The molecule has 0 radical (unpaired) electrons. The number of nitrogens with zero attached hydrogens (tertiary/aromatic N) is 6. The molecule has 0 spiro atoms. The predicted molar refractivity (Wildman–Crippen MR) is 180 cm³/mol. The monoisotopic (exact) mass is 629 g/mol. The molecule has 0 amide bonds. The SMILES string of the molecule is CCOC(=O)c1ccc(-c2cccc3nc([C@H](CC)Nc4ncnc5c4ncn5C4CCCCO4)n(-c4ccccc4)c(=O)c23)cc1. The Balaban J connectivity index is 1.34. The van der Waals surface area contributed by atoms with E-state index in [0.717, 1.165) is 30.4 Å². The molecule has 1 N–H and O–H groups in total. The van der Waals surface area contributed by atoms with Gasteiger partial charge in [-0.25, -0.2) is 24.7 Å². The Morgan fingerprint density at radius 2 is 1.83 bits per heavy atom. The number of fused-ring (bicyclic) bond motifs is 2. The number of carbonyl (C=O) groups is 1. The molecular formula is C36H35N7O4. The zero-order valence-electron chi connectivity index (χ0n) is 26.3. The highest BCUT2D eigenvalue weighted by molar-refractivity contribution is 5.95. The van der Waals surface area contributed by atoms with Crippen LogP contribution in [0.2, 0.25) is 0 Å². The van der Waals surface area contributed by atoms with Gasteiger partial charge in [-0.2, -0.15) is 0 Å². The van der Waals surface area contributed by atoms with E-state index in [0.29, 0.717) is 64.6 Å². The van der Waals surface area contributed by atoms with Crippen LogP contribution in [0.1, 0.15) is 68.0 Å². The summed E-state index contributed by atoms with van der Waals surface area (Å²) in [4.78, 5) is 45.8. The van der Waals surface area contributed by atoms with Crippen molar-refractivity contribution in [3.63, 3.8) is 0 Å². The zero-order chi connectivity index (χ0) is 32.3. The van der Waals surface area contributed by atoms with Crippen molar-refractivity contribution < 1.29 is 14.3 Å². The molecule has 1 aliphatic rings. The molecule has 4 heterocycles. The van der Waals surface area contributed by atoms with Gasteiger partial charge >= 0.3 is 5.97 Å². The molecule has 2 atom stereocenters. The minimum Gasteiger partial charge on any atom is -0.462 e. The van der Waals surface area contributed by atoms with Crippen LogP contribution in [0.25, 0.3) is 38.9 Å². The summed E-state index contributed by atoms with van der Waals surface area (Å²) in [5, 5.41) is 4.03. The topological polar surface area (TPSA) is 126 Å². The Kier molecular flexibility index (Phi) is 8.45. The molecule has 1 fully saturated rings. The van der Waals surface area contributed by atoms with E-state index in [2.05, 4.69) is 20.3 Å². The van der Waals surface area contributed by atoms with Crippen LogP contribution in [0, 0.1) is 0 Å². The van der Waals surface area contributed by atoms with E-state index in [9.17, 15) is 9.59 Å². The number of aromatic nitrogens is 6. The number of para-hydroxylation sites is 1. The summed E-state index contributed by atoms with van der Waals surface area (Å²) < 4.78 is 14.8. The van der Waals surface area contributed by atoms with E-state index in [4.69, 9.17) is 14.5 Å². The van der Waals surface area contributed by atoms with Crippen LogP contribution in [0.15, 0.2) is 90.2 Å². The van der Waals surface area contributed by atoms with Gasteiger partial charge in [0.15, 0.2) is 17.0 Å². The highest BCUT2D eigenvalue weighted by atomic mass is 16.5. The summed E-state index contributed by atoms with van der Waals surface area (Å²) >= 11 is 0. The van der Waals surface area contributed by atoms with E-state index in [1.807, 2.05) is 72.2 Å². The maximum Gasteiger partial charge on any atom is 0.338 e. The Bertz CT molecular complexity index is 2100. The summed E-state index contributed by atoms with van der Waals surface area (Å²) in [5.41, 5.74) is 4.34. The molecule has 1 saturated heterocycles. The van der Waals surface area contributed by atoms with Gasteiger partial charge in [0.1, 0.15) is 18.4 Å². The third-order valence-corrected chi connectivity index (χ3v) is 8.50. The molecule has 238 valence electrons. The maximum atomic E-state index is 14.6. The van der Waals surface area contributed by atoms with Crippen LogP contribution >= 0.6 is 0 Å². The molecule has 1 unspecified atom stereocenters. The quantitative estimate of drug-likeness (QED) is 0.175. The molecule has 0 saturated carbocycles. The van der Waals surface area contributed by atoms with Gasteiger partial charge in [-0.3, -0.25) is 13.9 Å². The fraction of sp³-hybridized carbons (Fsp3) is 0.278. The van der Waals surface area contributed by atoms with Gasteiger partial charge in [0, 0.05) is 6.61 Å². The lowest BCUT2D eigenvalue weighted by Crippen LogP contribution is -2.28. The van der Waals surface area contributed by atoms with E-state index in [1.54, 1.807) is 30.0 Å². The van der Waals surface area contributed by atoms with E-state index in [-0.39, 0.29) is 17.8 Å². The second kappa shape index (κ2) is 13.1. The first-order valence-corrected chi connectivity index (χ1v) is 16.0. The first-order valence-electron chi connectivity index (χ1n) is 16.0. The molecule has 6 aromatic rings. The van der Waals surface area contributed by atoms with Crippen molar-refractivity contribution in [1.29, 1.82) is 0 Å². The smallest absolute Gasteiger partial charge is 0.338 e. The lowest BCUT2D eigenvalue weighted by molar-refractivity contribution is -0.0298. The summed E-state index contributed by atoms with van der Waals surface area (Å²) in [7, 11) is 0. The van der Waals surface area contributed by atoms with Crippen molar-refractivity contribution in [3.8, 4) is 16.8 Å². The zero-order valence-corrected chi connectivity index (χ0v) is 26.3. The summed E-state index contributed by atoms with van der Waals surface area (Å²) in [6.07, 6.45) is 6.82. The maximum absolute atomic E-state index is 14.6. The van der Waals surface area contributed by atoms with Crippen LogP contribution < -0.4 is 10.9 Å². The van der Waals surface area contributed by atoms with Gasteiger partial charge in [-0.15, -0.1) is 0 Å². The number of anilines is 1. The minimum atomic E-state index is -0.394. The van der Waals surface area contributed by atoms with Crippen molar-refractivity contribution in [2.75, 3.05) is 18.5 Å². The normalized spacial score (nSPS) is 15.5. The number of ether oxygens (including phenoxy) is 2. The number of hydrogen-bond donors (Lipinski definition) is 1. The van der Waals surface area contributed by atoms with Gasteiger partial charge in [-0.1, -0.05) is 49.4 Å². The van der Waals surface area contributed by atoms with Gasteiger partial charge < -0.3 is 14.8 Å². The standard InChI is InChI=1S/C36H35N7O4/c1-3-27(40-32-31-34(38-21-37-32)42(22-39-31)29-15-8-9-20-47-29)33-41-28-14-10-13-26(23-16-18-24(19-17-23)36(45)46-4-2)30(28)35(44)43(33)25-11-6-5-7-12-25/h5-7,10-14,16-19,21-22,27,29H,3-4,8-9,15,20H2,1-2H3,(H,37,38,40)/t27-,29?/m0/s1. The third kappa shape index (κ3) is 5.74. The van der Waals surface area contributed by atoms with Crippen LogP contribution in [0.4, 0.5) is 5.82 Å². The molecule has 0 aliphatic carbocycles. The molecule has 11 heteroatoms. The van der Waals surface area contributed by atoms with Crippen LogP contribution in [-0.2, 0) is 9.47 Å². The number of carbonyl (C=O) groups excluding carboxylic acids is 1. The summed E-state index contributed by atoms with van der Waals surface area (Å²) in [6, 6.07) is 21.9. The first kappa shape index (κ1) is 30.2. The lowest BCUT2D eigenvalue weighted by Gasteiger charge is -2.24.